The van der Waals surface area contributed by atoms with Crippen LogP contribution in [0.4, 0.5) is 11.4 Å². The molecule has 0 radical (unpaired) electrons. The zero-order valence-electron chi connectivity index (χ0n) is 12.2. The Balaban J connectivity index is 1.83. The lowest BCUT2D eigenvalue weighted by atomic mass is 10.2. The molecule has 0 aliphatic heterocycles. The summed E-state index contributed by atoms with van der Waals surface area (Å²) in [5, 5.41) is 8.48. The van der Waals surface area contributed by atoms with E-state index in [1.165, 1.54) is 11.4 Å². The van der Waals surface area contributed by atoms with Crippen molar-refractivity contribution in [2.45, 2.75) is 13.8 Å². The molecule has 3 heteroatoms. The summed E-state index contributed by atoms with van der Waals surface area (Å²) in [4.78, 5) is 0. The van der Waals surface area contributed by atoms with Gasteiger partial charge in [0.2, 0.25) is 0 Å². The van der Waals surface area contributed by atoms with Gasteiger partial charge in [-0.3, -0.25) is 0 Å². The van der Waals surface area contributed by atoms with Gasteiger partial charge < -0.3 is 4.57 Å². The second kappa shape index (κ2) is 5.75. The van der Waals surface area contributed by atoms with Crippen LogP contribution in [0.5, 0.6) is 0 Å². The molecule has 1 heterocycles. The van der Waals surface area contributed by atoms with Crippen molar-refractivity contribution in [3.05, 3.63) is 78.1 Å². The highest BCUT2D eigenvalue weighted by molar-refractivity contribution is 5.47. The lowest BCUT2D eigenvalue weighted by molar-refractivity contribution is 0.965. The molecule has 0 aliphatic rings. The van der Waals surface area contributed by atoms with E-state index in [0.29, 0.717) is 0 Å². The average Bonchev–Trinajstić information content (AvgIpc) is 2.86. The second-order valence-electron chi connectivity index (χ2n) is 5.00. The highest BCUT2D eigenvalue weighted by Gasteiger charge is 2.03. The molecule has 3 nitrogen and oxygen atoms in total. The number of benzene rings is 2. The molecule has 3 aromatic rings. The molecule has 0 unspecified atom stereocenters. The van der Waals surface area contributed by atoms with Crippen molar-refractivity contribution in [2.24, 2.45) is 10.2 Å². The van der Waals surface area contributed by atoms with Crippen LogP contribution in [0.3, 0.4) is 0 Å². The molecule has 104 valence electrons. The fourth-order valence-corrected chi connectivity index (χ4v) is 2.35. The van der Waals surface area contributed by atoms with Crippen LogP contribution in [-0.4, -0.2) is 4.57 Å². The van der Waals surface area contributed by atoms with Crippen molar-refractivity contribution < 1.29 is 0 Å². The van der Waals surface area contributed by atoms with Gasteiger partial charge in [-0.25, -0.2) is 0 Å². The summed E-state index contributed by atoms with van der Waals surface area (Å²) in [6, 6.07) is 22.1. The Morgan fingerprint density at radius 3 is 1.71 bits per heavy atom. The van der Waals surface area contributed by atoms with Crippen LogP contribution in [0.15, 0.2) is 77.0 Å². The fraction of sp³-hybridized carbons (Fsp3) is 0.111. The van der Waals surface area contributed by atoms with Crippen LogP contribution in [0.25, 0.3) is 5.69 Å². The maximum Gasteiger partial charge on any atom is 0.0858 e. The quantitative estimate of drug-likeness (QED) is 0.564. The third-order valence-corrected chi connectivity index (χ3v) is 3.42. The van der Waals surface area contributed by atoms with Crippen LogP contribution >= 0.6 is 0 Å². The maximum atomic E-state index is 4.26. The predicted octanol–water partition coefficient (Wildman–Crippen LogP) is 5.51. The Kier molecular flexibility index (Phi) is 3.65. The van der Waals surface area contributed by atoms with E-state index in [1.54, 1.807) is 0 Å². The molecule has 0 N–H and O–H groups in total. The Hall–Kier alpha value is -2.68. The average molecular weight is 275 g/mol. The van der Waals surface area contributed by atoms with E-state index in [1.807, 2.05) is 42.5 Å². The van der Waals surface area contributed by atoms with E-state index in [9.17, 15) is 0 Å². The minimum absolute atomic E-state index is 0.852. The summed E-state index contributed by atoms with van der Waals surface area (Å²) in [6.07, 6.45) is 0. The molecule has 3 rings (SSSR count). The Labute approximate surface area is 124 Å². The van der Waals surface area contributed by atoms with Gasteiger partial charge in [-0.1, -0.05) is 18.2 Å². The molecule has 0 amide bonds. The summed E-state index contributed by atoms with van der Waals surface area (Å²) < 4.78 is 2.22. The molecule has 0 saturated heterocycles. The highest BCUT2D eigenvalue weighted by Crippen LogP contribution is 2.21. The van der Waals surface area contributed by atoms with Crippen LogP contribution < -0.4 is 0 Å². The summed E-state index contributed by atoms with van der Waals surface area (Å²) in [5.41, 5.74) is 5.31. The van der Waals surface area contributed by atoms with Gasteiger partial charge in [0.15, 0.2) is 0 Å². The fourth-order valence-electron chi connectivity index (χ4n) is 2.35. The molecular formula is C18H17N3. The lowest BCUT2D eigenvalue weighted by Gasteiger charge is -2.09. The number of aromatic nitrogens is 1. The van der Waals surface area contributed by atoms with Gasteiger partial charge in [-0.05, 0) is 62.4 Å². The normalized spacial score (nSPS) is 11.1. The Morgan fingerprint density at radius 1 is 0.619 bits per heavy atom. The van der Waals surface area contributed by atoms with Crippen LogP contribution in [-0.2, 0) is 0 Å². The van der Waals surface area contributed by atoms with E-state index in [-0.39, 0.29) is 0 Å². The van der Waals surface area contributed by atoms with Crippen LogP contribution in [0, 0.1) is 13.8 Å². The van der Waals surface area contributed by atoms with Gasteiger partial charge in [-0.15, -0.1) is 0 Å². The molecule has 21 heavy (non-hydrogen) atoms. The first-order valence-electron chi connectivity index (χ1n) is 6.96. The first kappa shape index (κ1) is 13.3. The molecular weight excluding hydrogens is 258 g/mol. The number of aryl methyl sites for hydroxylation is 2. The number of azo groups is 1. The minimum Gasteiger partial charge on any atom is -0.319 e. The van der Waals surface area contributed by atoms with Gasteiger partial charge in [-0.2, -0.15) is 10.2 Å². The highest BCUT2D eigenvalue weighted by atomic mass is 15.1. The van der Waals surface area contributed by atoms with Crippen molar-refractivity contribution in [1.29, 1.82) is 0 Å². The zero-order valence-corrected chi connectivity index (χ0v) is 12.2. The van der Waals surface area contributed by atoms with Gasteiger partial charge >= 0.3 is 0 Å². The Bertz CT molecular complexity index is 733. The number of hydrogen-bond acceptors (Lipinski definition) is 2. The first-order chi connectivity index (χ1) is 10.2. The largest absolute Gasteiger partial charge is 0.319 e. The summed E-state index contributed by atoms with van der Waals surface area (Å²) in [5.74, 6) is 0. The summed E-state index contributed by atoms with van der Waals surface area (Å²) >= 11 is 0. The second-order valence-corrected chi connectivity index (χ2v) is 5.00. The van der Waals surface area contributed by atoms with Crippen molar-refractivity contribution in [3.63, 3.8) is 0 Å². The standard InChI is InChI=1S/C18H17N3/c1-14-8-9-15(2)21(14)18-12-10-17(11-13-18)20-19-16-6-4-3-5-7-16/h3-13H,1-2H3. The molecule has 0 spiro atoms. The summed E-state index contributed by atoms with van der Waals surface area (Å²) in [6.45, 7) is 4.21. The molecule has 0 bridgehead atoms. The van der Waals surface area contributed by atoms with Crippen LogP contribution in [0.1, 0.15) is 11.4 Å². The lowest BCUT2D eigenvalue weighted by Crippen LogP contribution is -1.97. The van der Waals surface area contributed by atoms with E-state index >= 15 is 0 Å². The minimum atomic E-state index is 0.852. The molecule has 0 saturated carbocycles. The van der Waals surface area contributed by atoms with Gasteiger partial charge in [0.1, 0.15) is 0 Å². The SMILES string of the molecule is Cc1ccc(C)n1-c1ccc(N=Nc2ccccc2)cc1. The Morgan fingerprint density at radius 2 is 1.14 bits per heavy atom. The number of hydrogen-bond donors (Lipinski definition) is 0. The molecule has 2 aromatic carbocycles. The third kappa shape index (κ3) is 2.92. The molecule has 0 aliphatic carbocycles. The molecule has 0 fully saturated rings. The van der Waals surface area contributed by atoms with E-state index < -0.39 is 0 Å². The smallest absolute Gasteiger partial charge is 0.0858 e. The predicted molar refractivity (Wildman–Crippen MR) is 85.9 cm³/mol. The van der Waals surface area contributed by atoms with Gasteiger partial charge in [0.25, 0.3) is 0 Å². The van der Waals surface area contributed by atoms with E-state index in [4.69, 9.17) is 0 Å². The zero-order chi connectivity index (χ0) is 14.7. The topological polar surface area (TPSA) is 29.6 Å². The van der Waals surface area contributed by atoms with Gasteiger partial charge in [0.05, 0.1) is 11.4 Å². The summed E-state index contributed by atoms with van der Waals surface area (Å²) in [7, 11) is 0. The number of rotatable bonds is 3. The monoisotopic (exact) mass is 275 g/mol. The van der Waals surface area contributed by atoms with E-state index in [2.05, 4.69) is 52.9 Å². The third-order valence-electron chi connectivity index (χ3n) is 3.42. The maximum absolute atomic E-state index is 4.26. The van der Waals surface area contributed by atoms with Crippen molar-refractivity contribution >= 4 is 11.4 Å². The first-order valence-corrected chi connectivity index (χ1v) is 6.96. The van der Waals surface area contributed by atoms with Crippen molar-refractivity contribution in [1.82, 2.24) is 4.57 Å². The molecule has 1 aromatic heterocycles. The van der Waals surface area contributed by atoms with E-state index in [0.717, 1.165) is 17.1 Å². The van der Waals surface area contributed by atoms with Crippen LogP contribution in [0.2, 0.25) is 0 Å². The van der Waals surface area contributed by atoms with Gasteiger partial charge in [0, 0.05) is 17.1 Å². The van der Waals surface area contributed by atoms with Crippen molar-refractivity contribution in [2.75, 3.05) is 0 Å². The number of nitrogens with zero attached hydrogens (tertiary/aromatic N) is 3. The van der Waals surface area contributed by atoms with Crippen molar-refractivity contribution in [3.8, 4) is 5.69 Å². The molecule has 0 atom stereocenters.